The third-order valence-electron chi connectivity index (χ3n) is 13.6. The van der Waals surface area contributed by atoms with Gasteiger partial charge in [0.25, 0.3) is 17.7 Å². The Bertz CT molecular complexity index is 2420. The Hall–Kier alpha value is -5.36. The van der Waals surface area contributed by atoms with Crippen LogP contribution in [0, 0.1) is 5.82 Å². The Balaban J connectivity index is 0.679. The smallest absolute Gasteiger partial charge is 0.255 e. The van der Waals surface area contributed by atoms with E-state index in [2.05, 4.69) is 36.4 Å². The number of anilines is 2. The molecule has 0 aliphatic carbocycles. The molecule has 2 unspecified atom stereocenters. The van der Waals surface area contributed by atoms with Crippen LogP contribution in [-0.2, 0) is 27.5 Å². The third kappa shape index (κ3) is 9.93. The maximum Gasteiger partial charge on any atom is 0.255 e. The number of rotatable bonds is 16. The standard InChI is InChI=1S/C48H55FN8O6S2/c49-32-10-13-40(58)37(27-32)43(45(61)52-48-50-17-26-65-48)57-29-31-9-11-34(28-36(31)47(57)63)54-19-15-33(16-20-54)55-23-21-53(22-24-55)18-4-2-1-3-5-25-64-41-8-6-7-35-38(41)30-56(46(35)62)39-12-14-42(59)51-44(39)60/h6-11,13,17,26-28,33,39,43,58H,1-5,12,14-16,18-25,29-30H2,(H,50,52,61)(H,51,59,60). The van der Waals surface area contributed by atoms with E-state index < -0.39 is 23.8 Å². The molecule has 65 heavy (non-hydrogen) atoms. The van der Waals surface area contributed by atoms with E-state index in [4.69, 9.17) is 0 Å². The quantitative estimate of drug-likeness (QED) is 0.0648. The van der Waals surface area contributed by atoms with E-state index in [0.29, 0.717) is 35.3 Å². The molecule has 0 saturated carbocycles. The van der Waals surface area contributed by atoms with Crippen molar-refractivity contribution in [2.75, 3.05) is 61.8 Å². The number of fused-ring (bicyclic) bond motifs is 2. The normalized spacial score (nSPS) is 20.0. The molecule has 5 aliphatic rings. The lowest BCUT2D eigenvalue weighted by molar-refractivity contribution is -0.137. The van der Waals surface area contributed by atoms with Gasteiger partial charge in [-0.15, -0.1) is 23.1 Å². The van der Waals surface area contributed by atoms with Gasteiger partial charge in [-0.3, -0.25) is 39.5 Å². The number of piperazine rings is 1. The molecule has 14 nitrogen and oxygen atoms in total. The molecule has 9 rings (SSSR count). The highest BCUT2D eigenvalue weighted by atomic mass is 32.2. The van der Waals surface area contributed by atoms with Gasteiger partial charge in [-0.05, 0) is 98.0 Å². The predicted molar refractivity (Wildman–Crippen MR) is 247 cm³/mol. The molecule has 3 fully saturated rings. The summed E-state index contributed by atoms with van der Waals surface area (Å²) in [6.07, 6.45) is 10.2. The van der Waals surface area contributed by atoms with Crippen molar-refractivity contribution in [1.82, 2.24) is 29.9 Å². The van der Waals surface area contributed by atoms with Gasteiger partial charge in [-0.1, -0.05) is 31.4 Å². The number of amides is 5. The lowest BCUT2D eigenvalue weighted by atomic mass is 10.0. The molecule has 342 valence electrons. The van der Waals surface area contributed by atoms with Gasteiger partial charge < -0.3 is 24.7 Å². The van der Waals surface area contributed by atoms with Gasteiger partial charge in [0.15, 0.2) is 5.13 Å². The Kier molecular flexibility index (Phi) is 13.8. The van der Waals surface area contributed by atoms with Gasteiger partial charge in [0, 0.05) is 104 Å². The molecule has 3 N–H and O–H groups in total. The zero-order valence-electron chi connectivity index (χ0n) is 36.4. The SMILES string of the molecule is O=C1CCC(N2Cc3c(SCCCCCCCN4CCN(C5CCN(c6ccc7c(c6)C(=O)N(C(C(=O)Nc6nccs6)c6cc(F)ccc6O)C7)CC5)CC4)cccc3C2=O)C(=O)N1. The van der Waals surface area contributed by atoms with E-state index in [1.807, 2.05) is 30.3 Å². The van der Waals surface area contributed by atoms with Crippen LogP contribution >= 0.6 is 23.1 Å². The second-order valence-corrected chi connectivity index (χ2v) is 19.6. The summed E-state index contributed by atoms with van der Waals surface area (Å²) in [5, 5.41) is 17.9. The van der Waals surface area contributed by atoms with Gasteiger partial charge in [-0.2, -0.15) is 0 Å². The summed E-state index contributed by atoms with van der Waals surface area (Å²) in [5.41, 5.74) is 3.94. The van der Waals surface area contributed by atoms with Crippen molar-refractivity contribution >= 4 is 63.5 Å². The molecule has 0 spiro atoms. The van der Waals surface area contributed by atoms with Crippen LogP contribution < -0.4 is 15.5 Å². The Labute approximate surface area is 386 Å². The van der Waals surface area contributed by atoms with Crippen LogP contribution in [0.4, 0.5) is 15.2 Å². The van der Waals surface area contributed by atoms with Crippen molar-refractivity contribution in [3.63, 3.8) is 0 Å². The highest BCUT2D eigenvalue weighted by Gasteiger charge is 2.41. The first-order valence-corrected chi connectivity index (χ1v) is 24.7. The second kappa shape index (κ2) is 20.0. The highest BCUT2D eigenvalue weighted by molar-refractivity contribution is 7.99. The number of halogens is 1. The van der Waals surface area contributed by atoms with Crippen molar-refractivity contribution in [3.8, 4) is 5.75 Å². The number of thiazole rings is 1. The molecule has 4 aromatic rings. The zero-order valence-corrected chi connectivity index (χ0v) is 38.0. The number of aromatic hydroxyl groups is 1. The lowest BCUT2D eigenvalue weighted by Gasteiger charge is -2.43. The van der Waals surface area contributed by atoms with Crippen molar-refractivity contribution < 1.29 is 33.5 Å². The number of hydrogen-bond donors (Lipinski definition) is 3. The topological polar surface area (TPSA) is 159 Å². The maximum absolute atomic E-state index is 14.4. The summed E-state index contributed by atoms with van der Waals surface area (Å²) in [6.45, 7) is 7.77. The molecule has 1 aromatic heterocycles. The summed E-state index contributed by atoms with van der Waals surface area (Å²) in [6, 6.07) is 13.8. The van der Waals surface area contributed by atoms with E-state index in [1.165, 1.54) is 48.0 Å². The highest BCUT2D eigenvalue weighted by Crippen LogP contribution is 2.39. The van der Waals surface area contributed by atoms with Crippen LogP contribution in [0.25, 0.3) is 0 Å². The average molecular weight is 923 g/mol. The number of unbranched alkanes of at least 4 members (excludes halogenated alkanes) is 4. The van der Waals surface area contributed by atoms with Crippen LogP contribution in [0.5, 0.6) is 5.75 Å². The number of nitrogens with zero attached hydrogens (tertiary/aromatic N) is 6. The summed E-state index contributed by atoms with van der Waals surface area (Å²) in [5.74, 6) is -1.61. The number of carbonyl (C=O) groups is 5. The van der Waals surface area contributed by atoms with Crippen LogP contribution in [0.3, 0.4) is 0 Å². The van der Waals surface area contributed by atoms with E-state index in [9.17, 15) is 33.5 Å². The summed E-state index contributed by atoms with van der Waals surface area (Å²) < 4.78 is 14.4. The van der Waals surface area contributed by atoms with Gasteiger partial charge in [0.05, 0.1) is 0 Å². The first-order valence-electron chi connectivity index (χ1n) is 22.8. The maximum atomic E-state index is 14.4. The Morgan fingerprint density at radius 3 is 2.48 bits per heavy atom. The first kappa shape index (κ1) is 44.8. The minimum Gasteiger partial charge on any atom is -0.508 e. The monoisotopic (exact) mass is 922 g/mol. The van der Waals surface area contributed by atoms with Gasteiger partial charge in [0.1, 0.15) is 23.7 Å². The molecule has 17 heteroatoms. The Morgan fingerprint density at radius 1 is 0.892 bits per heavy atom. The van der Waals surface area contributed by atoms with Crippen LogP contribution in [0.15, 0.2) is 71.1 Å². The van der Waals surface area contributed by atoms with E-state index in [0.717, 1.165) is 105 Å². The molecule has 3 saturated heterocycles. The molecular formula is C48H55FN8O6S2. The summed E-state index contributed by atoms with van der Waals surface area (Å²) in [4.78, 5) is 80.8. The fraction of sp³-hybridized carbons (Fsp3) is 0.458. The lowest BCUT2D eigenvalue weighted by Crippen LogP contribution is -2.53. The van der Waals surface area contributed by atoms with Crippen molar-refractivity contribution in [2.45, 2.75) is 93.9 Å². The molecule has 0 radical (unpaired) electrons. The fourth-order valence-electron chi connectivity index (χ4n) is 10.1. The number of phenols is 1. The van der Waals surface area contributed by atoms with E-state index in [-0.39, 0.29) is 47.9 Å². The molecule has 2 atom stereocenters. The summed E-state index contributed by atoms with van der Waals surface area (Å²) in [7, 11) is 0. The molecule has 0 bridgehead atoms. The van der Waals surface area contributed by atoms with Crippen molar-refractivity contribution in [2.24, 2.45) is 0 Å². The number of piperidine rings is 2. The largest absolute Gasteiger partial charge is 0.508 e. The second-order valence-electron chi connectivity index (χ2n) is 17.6. The minimum absolute atomic E-state index is 0.0137. The molecule has 5 amide bonds. The number of imide groups is 1. The number of thioether (sulfide) groups is 1. The number of benzene rings is 3. The van der Waals surface area contributed by atoms with Crippen LogP contribution in [0.2, 0.25) is 0 Å². The number of phenolic OH excluding ortho intramolecular Hbond substituents is 1. The first-order chi connectivity index (χ1) is 31.6. The third-order valence-corrected chi connectivity index (χ3v) is 15.5. The molecule has 3 aromatic carbocycles. The number of nitrogens with one attached hydrogen (secondary N) is 2. The van der Waals surface area contributed by atoms with Gasteiger partial charge >= 0.3 is 0 Å². The van der Waals surface area contributed by atoms with Gasteiger partial charge in [-0.25, -0.2) is 9.37 Å². The van der Waals surface area contributed by atoms with Gasteiger partial charge in [0.2, 0.25) is 11.8 Å². The average Bonchev–Trinajstić information content (AvgIpc) is 4.04. The van der Waals surface area contributed by atoms with E-state index in [1.54, 1.807) is 28.2 Å². The molecule has 5 aliphatic heterocycles. The van der Waals surface area contributed by atoms with Crippen LogP contribution in [0.1, 0.15) is 101 Å². The molecule has 6 heterocycles. The van der Waals surface area contributed by atoms with Crippen molar-refractivity contribution in [1.29, 1.82) is 0 Å². The summed E-state index contributed by atoms with van der Waals surface area (Å²) >= 11 is 3.02. The minimum atomic E-state index is -1.27. The number of carbonyl (C=O) groups excluding carboxylic acids is 5. The van der Waals surface area contributed by atoms with Crippen molar-refractivity contribution in [3.05, 3.63) is 99.8 Å². The fourth-order valence-corrected chi connectivity index (χ4v) is 11.7. The molecular weight excluding hydrogens is 868 g/mol. The zero-order chi connectivity index (χ0) is 45.0. The number of aromatic nitrogens is 1. The van der Waals surface area contributed by atoms with Crippen LogP contribution in [-0.4, -0.2) is 123 Å². The predicted octanol–water partition coefficient (Wildman–Crippen LogP) is 6.41. The Morgan fingerprint density at radius 2 is 1.69 bits per heavy atom. The number of hydrogen-bond acceptors (Lipinski definition) is 12. The van der Waals surface area contributed by atoms with E-state index >= 15 is 0 Å².